The molecule has 22 heavy (non-hydrogen) atoms. The molecular formula is C15H14ClN5O. The third-order valence-corrected chi connectivity index (χ3v) is 4.29. The van der Waals surface area contributed by atoms with Crippen LogP contribution in [0, 0.1) is 0 Å². The summed E-state index contributed by atoms with van der Waals surface area (Å²) in [7, 11) is 0. The molecule has 2 aromatic rings. The molecular weight excluding hydrogens is 302 g/mol. The predicted octanol–water partition coefficient (Wildman–Crippen LogP) is 2.67. The van der Waals surface area contributed by atoms with E-state index in [9.17, 15) is 4.79 Å². The lowest BCUT2D eigenvalue weighted by Crippen LogP contribution is -2.31. The first-order chi connectivity index (χ1) is 10.7. The number of halogens is 1. The van der Waals surface area contributed by atoms with Crippen molar-refractivity contribution in [2.75, 3.05) is 11.4 Å². The summed E-state index contributed by atoms with van der Waals surface area (Å²) < 4.78 is 0. The Labute approximate surface area is 132 Å². The number of nitrogens with zero attached hydrogens (tertiary/aromatic N) is 4. The van der Waals surface area contributed by atoms with Crippen molar-refractivity contribution in [1.82, 2.24) is 20.3 Å². The van der Waals surface area contributed by atoms with E-state index < -0.39 is 0 Å². The summed E-state index contributed by atoms with van der Waals surface area (Å²) in [5.41, 5.74) is 2.76. The van der Waals surface area contributed by atoms with E-state index in [4.69, 9.17) is 11.6 Å². The quantitative estimate of drug-likeness (QED) is 0.884. The Bertz CT molecular complexity index is 733. The van der Waals surface area contributed by atoms with Gasteiger partial charge in [-0.15, -0.1) is 0 Å². The molecule has 2 aromatic heterocycles. The molecule has 1 aliphatic heterocycles. The summed E-state index contributed by atoms with van der Waals surface area (Å²) in [4.78, 5) is 26.5. The number of urea groups is 1. The van der Waals surface area contributed by atoms with Crippen molar-refractivity contribution in [3.8, 4) is 0 Å². The highest BCUT2D eigenvalue weighted by Gasteiger charge is 2.38. The molecule has 2 aliphatic rings. The first-order valence-corrected chi connectivity index (χ1v) is 7.60. The zero-order valence-corrected chi connectivity index (χ0v) is 12.5. The molecule has 0 radical (unpaired) electrons. The van der Waals surface area contributed by atoms with Crippen molar-refractivity contribution in [3.05, 3.63) is 47.3 Å². The molecule has 2 amide bonds. The Kier molecular flexibility index (Phi) is 3.18. The first-order valence-electron chi connectivity index (χ1n) is 7.22. The van der Waals surface area contributed by atoms with Gasteiger partial charge in [0.15, 0.2) is 0 Å². The van der Waals surface area contributed by atoms with Crippen LogP contribution in [0.15, 0.2) is 30.9 Å². The standard InChI is InChI=1S/C15H14ClN5O/c16-14-5-11(19-8-20-14)13-7-18-15(22)21(13)12-6-17-4-3-10(12)9-1-2-9/h3-6,8-9,13H,1-2,7H2,(H,18,22). The molecule has 0 bridgehead atoms. The molecule has 1 saturated carbocycles. The van der Waals surface area contributed by atoms with E-state index in [1.807, 2.05) is 6.07 Å². The highest BCUT2D eigenvalue weighted by Crippen LogP contribution is 2.45. The summed E-state index contributed by atoms with van der Waals surface area (Å²) >= 11 is 5.96. The zero-order chi connectivity index (χ0) is 15.1. The molecule has 0 spiro atoms. The van der Waals surface area contributed by atoms with Crippen LogP contribution in [-0.2, 0) is 0 Å². The van der Waals surface area contributed by atoms with Crippen LogP contribution >= 0.6 is 11.6 Å². The van der Waals surface area contributed by atoms with Crippen molar-refractivity contribution in [3.63, 3.8) is 0 Å². The fourth-order valence-electron chi connectivity index (χ4n) is 2.88. The molecule has 2 fully saturated rings. The van der Waals surface area contributed by atoms with Gasteiger partial charge in [-0.1, -0.05) is 11.6 Å². The first kappa shape index (κ1) is 13.5. The predicted molar refractivity (Wildman–Crippen MR) is 81.9 cm³/mol. The second-order valence-corrected chi connectivity index (χ2v) is 5.93. The van der Waals surface area contributed by atoms with Crippen molar-refractivity contribution in [2.45, 2.75) is 24.8 Å². The summed E-state index contributed by atoms with van der Waals surface area (Å²) in [6, 6.07) is 3.37. The number of nitrogens with one attached hydrogen (secondary N) is 1. The van der Waals surface area contributed by atoms with Gasteiger partial charge < -0.3 is 5.32 Å². The van der Waals surface area contributed by atoms with E-state index in [1.165, 1.54) is 11.9 Å². The zero-order valence-electron chi connectivity index (χ0n) is 11.7. The van der Waals surface area contributed by atoms with Gasteiger partial charge in [-0.25, -0.2) is 14.8 Å². The van der Waals surface area contributed by atoms with Crippen LogP contribution in [0.4, 0.5) is 10.5 Å². The number of anilines is 1. The molecule has 4 rings (SSSR count). The van der Waals surface area contributed by atoms with Gasteiger partial charge in [-0.3, -0.25) is 9.88 Å². The number of rotatable bonds is 3. The Morgan fingerprint density at radius 1 is 1.32 bits per heavy atom. The molecule has 1 aliphatic carbocycles. The maximum absolute atomic E-state index is 12.3. The Morgan fingerprint density at radius 2 is 2.18 bits per heavy atom. The number of hydrogen-bond acceptors (Lipinski definition) is 4. The second kappa shape index (κ2) is 5.21. The number of carbonyl (C=O) groups excluding carboxylic acids is 1. The minimum atomic E-state index is -0.199. The average molecular weight is 316 g/mol. The SMILES string of the molecule is O=C1NCC(c2cc(Cl)ncn2)N1c1cnccc1C1CC1. The van der Waals surface area contributed by atoms with Gasteiger partial charge >= 0.3 is 6.03 Å². The molecule has 112 valence electrons. The van der Waals surface area contributed by atoms with Crippen molar-refractivity contribution < 1.29 is 4.79 Å². The van der Waals surface area contributed by atoms with Crippen LogP contribution in [0.25, 0.3) is 0 Å². The van der Waals surface area contributed by atoms with Gasteiger partial charge in [-0.05, 0) is 36.5 Å². The minimum absolute atomic E-state index is 0.130. The van der Waals surface area contributed by atoms with E-state index in [-0.39, 0.29) is 12.1 Å². The normalized spacial score (nSPS) is 21.0. The second-order valence-electron chi connectivity index (χ2n) is 5.55. The maximum atomic E-state index is 12.3. The molecule has 1 N–H and O–H groups in total. The Balaban J connectivity index is 1.76. The summed E-state index contributed by atoms with van der Waals surface area (Å²) in [6.07, 6.45) is 7.28. The van der Waals surface area contributed by atoms with Gasteiger partial charge in [-0.2, -0.15) is 0 Å². The van der Waals surface area contributed by atoms with Crippen LogP contribution in [0.5, 0.6) is 0 Å². The van der Waals surface area contributed by atoms with Gasteiger partial charge in [0.2, 0.25) is 0 Å². The van der Waals surface area contributed by atoms with Crippen LogP contribution in [0.1, 0.15) is 36.1 Å². The summed E-state index contributed by atoms with van der Waals surface area (Å²) in [6.45, 7) is 0.491. The van der Waals surface area contributed by atoms with E-state index in [0.717, 1.165) is 24.2 Å². The third kappa shape index (κ3) is 2.29. The summed E-state index contributed by atoms with van der Waals surface area (Å²) in [5.74, 6) is 0.529. The lowest BCUT2D eigenvalue weighted by molar-refractivity contribution is 0.251. The number of hydrogen-bond donors (Lipinski definition) is 1. The molecule has 6 nitrogen and oxygen atoms in total. The third-order valence-electron chi connectivity index (χ3n) is 4.08. The summed E-state index contributed by atoms with van der Waals surface area (Å²) in [5, 5.41) is 3.25. The van der Waals surface area contributed by atoms with Crippen LogP contribution in [0.3, 0.4) is 0 Å². The molecule has 1 saturated heterocycles. The highest BCUT2D eigenvalue weighted by molar-refractivity contribution is 6.29. The van der Waals surface area contributed by atoms with Gasteiger partial charge in [0, 0.05) is 12.7 Å². The molecule has 3 heterocycles. The topological polar surface area (TPSA) is 71.0 Å². The number of aromatic nitrogens is 3. The Morgan fingerprint density at radius 3 is 2.95 bits per heavy atom. The maximum Gasteiger partial charge on any atom is 0.322 e. The largest absolute Gasteiger partial charge is 0.335 e. The van der Waals surface area contributed by atoms with Gasteiger partial charge in [0.1, 0.15) is 11.5 Å². The van der Waals surface area contributed by atoms with E-state index in [1.54, 1.807) is 23.4 Å². The fraction of sp³-hybridized carbons (Fsp3) is 0.333. The van der Waals surface area contributed by atoms with E-state index in [2.05, 4.69) is 20.3 Å². The van der Waals surface area contributed by atoms with Crippen molar-refractivity contribution >= 4 is 23.3 Å². The molecule has 1 unspecified atom stereocenters. The monoisotopic (exact) mass is 315 g/mol. The molecule has 0 aromatic carbocycles. The molecule has 7 heteroatoms. The van der Waals surface area contributed by atoms with E-state index >= 15 is 0 Å². The molecule has 1 atom stereocenters. The minimum Gasteiger partial charge on any atom is -0.335 e. The van der Waals surface area contributed by atoms with Crippen LogP contribution in [0.2, 0.25) is 5.15 Å². The number of pyridine rings is 1. The van der Waals surface area contributed by atoms with Crippen molar-refractivity contribution in [2.24, 2.45) is 0 Å². The van der Waals surface area contributed by atoms with Crippen molar-refractivity contribution in [1.29, 1.82) is 0 Å². The average Bonchev–Trinajstić information content (AvgIpc) is 3.30. The smallest absolute Gasteiger partial charge is 0.322 e. The van der Waals surface area contributed by atoms with Crippen LogP contribution < -0.4 is 10.2 Å². The number of carbonyl (C=O) groups is 1. The fourth-order valence-corrected chi connectivity index (χ4v) is 3.04. The van der Waals surface area contributed by atoms with E-state index in [0.29, 0.717) is 17.6 Å². The van der Waals surface area contributed by atoms with Crippen LogP contribution in [-0.4, -0.2) is 27.5 Å². The lowest BCUT2D eigenvalue weighted by atomic mass is 10.1. The van der Waals surface area contributed by atoms with Gasteiger partial charge in [0.05, 0.1) is 23.6 Å². The Hall–Kier alpha value is -2.21. The number of amides is 2. The highest BCUT2D eigenvalue weighted by atomic mass is 35.5. The lowest BCUT2D eigenvalue weighted by Gasteiger charge is -2.24. The van der Waals surface area contributed by atoms with Gasteiger partial charge in [0.25, 0.3) is 0 Å².